The van der Waals surface area contributed by atoms with E-state index in [9.17, 15) is 9.18 Å². The Balaban J connectivity index is 1.62. The molecule has 0 bridgehead atoms. The van der Waals surface area contributed by atoms with E-state index in [0.29, 0.717) is 18.5 Å². The van der Waals surface area contributed by atoms with Gasteiger partial charge < -0.3 is 9.84 Å². The Morgan fingerprint density at radius 3 is 2.74 bits per heavy atom. The molecule has 3 rings (SSSR count). The lowest BCUT2D eigenvalue weighted by molar-refractivity contribution is -0.116. The molecule has 0 spiro atoms. The van der Waals surface area contributed by atoms with Crippen molar-refractivity contribution in [3.05, 3.63) is 76.6 Å². The normalized spacial score (nSPS) is 11.3. The van der Waals surface area contributed by atoms with E-state index in [0.717, 1.165) is 28.5 Å². The molecule has 27 heavy (non-hydrogen) atoms. The van der Waals surface area contributed by atoms with Crippen molar-refractivity contribution in [1.82, 2.24) is 15.0 Å². The van der Waals surface area contributed by atoms with Gasteiger partial charge in [0.05, 0.1) is 0 Å². The van der Waals surface area contributed by atoms with Crippen molar-refractivity contribution in [1.29, 1.82) is 0 Å². The Morgan fingerprint density at radius 1 is 1.26 bits per heavy atom. The van der Waals surface area contributed by atoms with Crippen LogP contribution in [-0.2, 0) is 11.2 Å². The molecule has 0 fully saturated rings. The molecule has 0 aliphatic carbocycles. The summed E-state index contributed by atoms with van der Waals surface area (Å²) in [7, 11) is 0. The molecule has 0 atom stereocenters. The van der Waals surface area contributed by atoms with E-state index in [4.69, 9.17) is 4.52 Å². The topological polar surface area (TPSA) is 60.1 Å². The molecule has 0 saturated heterocycles. The van der Waals surface area contributed by atoms with Gasteiger partial charge in [-0.3, -0.25) is 9.36 Å². The third-order valence-corrected chi connectivity index (χ3v) is 4.38. The number of benzene rings is 1. The number of halogens is 1. The Kier molecular flexibility index (Phi) is 5.54. The average Bonchev–Trinajstić information content (AvgIpc) is 3.17. The van der Waals surface area contributed by atoms with E-state index in [1.807, 2.05) is 37.5 Å². The van der Waals surface area contributed by atoms with Crippen molar-refractivity contribution >= 4 is 12.0 Å². The summed E-state index contributed by atoms with van der Waals surface area (Å²) in [6.07, 6.45) is 3.71. The lowest BCUT2D eigenvalue weighted by Gasteiger charge is -2.04. The van der Waals surface area contributed by atoms with Gasteiger partial charge in [0, 0.05) is 30.1 Å². The fourth-order valence-corrected chi connectivity index (χ4v) is 3.01. The maximum absolute atomic E-state index is 13.6. The fraction of sp³-hybridized carbons (Fsp3) is 0.238. The minimum atomic E-state index is -0.252. The summed E-state index contributed by atoms with van der Waals surface area (Å²) in [6.45, 7) is 6.16. The summed E-state index contributed by atoms with van der Waals surface area (Å²) < 4.78 is 20.7. The maximum atomic E-state index is 13.6. The predicted octanol–water partition coefficient (Wildman–Crippen LogP) is 3.90. The summed E-state index contributed by atoms with van der Waals surface area (Å²) in [5, 5.41) is 6.82. The van der Waals surface area contributed by atoms with Crippen LogP contribution in [-0.4, -0.2) is 22.2 Å². The van der Waals surface area contributed by atoms with E-state index in [1.54, 1.807) is 24.3 Å². The lowest BCUT2D eigenvalue weighted by Crippen LogP contribution is -2.23. The Bertz CT molecular complexity index is 985. The fourth-order valence-electron chi connectivity index (χ4n) is 3.01. The number of nitrogens with zero attached hydrogens (tertiary/aromatic N) is 2. The number of aryl methyl sites for hydroxylation is 2. The number of nitrogens with one attached hydrogen (secondary N) is 1. The van der Waals surface area contributed by atoms with Gasteiger partial charge in [0.2, 0.25) is 5.91 Å². The Morgan fingerprint density at radius 2 is 2.04 bits per heavy atom. The van der Waals surface area contributed by atoms with Gasteiger partial charge in [0.25, 0.3) is 0 Å². The number of amides is 1. The molecule has 3 aromatic rings. The summed E-state index contributed by atoms with van der Waals surface area (Å²) in [5.41, 5.74) is 3.49. The van der Waals surface area contributed by atoms with E-state index >= 15 is 0 Å². The van der Waals surface area contributed by atoms with Gasteiger partial charge in [0.1, 0.15) is 11.6 Å². The van der Waals surface area contributed by atoms with Crippen molar-refractivity contribution in [2.45, 2.75) is 27.2 Å². The summed E-state index contributed by atoms with van der Waals surface area (Å²) >= 11 is 0. The molecule has 2 aromatic heterocycles. The molecule has 0 aliphatic heterocycles. The third-order valence-electron chi connectivity index (χ3n) is 4.38. The van der Waals surface area contributed by atoms with Crippen LogP contribution in [0.2, 0.25) is 0 Å². The van der Waals surface area contributed by atoms with Gasteiger partial charge >= 0.3 is 0 Å². The van der Waals surface area contributed by atoms with Gasteiger partial charge in [-0.2, -0.15) is 0 Å². The van der Waals surface area contributed by atoms with E-state index < -0.39 is 0 Å². The van der Waals surface area contributed by atoms with Gasteiger partial charge in [-0.15, -0.1) is 0 Å². The van der Waals surface area contributed by atoms with Crippen LogP contribution in [0.25, 0.3) is 11.9 Å². The van der Waals surface area contributed by atoms with Crippen LogP contribution >= 0.6 is 0 Å². The van der Waals surface area contributed by atoms with Crippen LogP contribution in [0, 0.1) is 26.6 Å². The van der Waals surface area contributed by atoms with Gasteiger partial charge in [-0.1, -0.05) is 23.4 Å². The van der Waals surface area contributed by atoms with Gasteiger partial charge in [-0.05, 0) is 56.5 Å². The smallest absolute Gasteiger partial charge is 0.244 e. The number of aromatic nitrogens is 2. The van der Waals surface area contributed by atoms with Crippen LogP contribution in [0.4, 0.5) is 4.39 Å². The zero-order chi connectivity index (χ0) is 19.4. The van der Waals surface area contributed by atoms with Crippen molar-refractivity contribution in [3.8, 4) is 5.82 Å². The van der Waals surface area contributed by atoms with Crippen LogP contribution < -0.4 is 5.32 Å². The highest BCUT2D eigenvalue weighted by atomic mass is 19.1. The number of rotatable bonds is 6. The monoisotopic (exact) mass is 367 g/mol. The molecular formula is C21H22FN3O2. The first-order chi connectivity index (χ1) is 13.0. The second-order valence-electron chi connectivity index (χ2n) is 6.42. The highest BCUT2D eigenvalue weighted by Crippen LogP contribution is 2.21. The molecule has 0 aliphatic rings. The highest BCUT2D eigenvalue weighted by molar-refractivity contribution is 5.91. The second kappa shape index (κ2) is 8.03. The third kappa shape index (κ3) is 4.34. The quantitative estimate of drug-likeness (QED) is 0.672. The molecular weight excluding hydrogens is 345 g/mol. The largest absolute Gasteiger partial charge is 0.360 e. The standard InChI is InChI=1S/C21H22FN3O2/c1-14-12-18(16(3)25(14)20-13-15(2)27-24-20)8-9-21(26)23-11-10-17-6-4-5-7-19(17)22/h4-9,12-13H,10-11H2,1-3H3,(H,23,26)/b9-8+. The zero-order valence-electron chi connectivity index (χ0n) is 15.6. The number of carbonyl (C=O) groups is 1. The van der Waals surface area contributed by atoms with Crippen LogP contribution in [0.1, 0.15) is 28.3 Å². The van der Waals surface area contributed by atoms with E-state index in [2.05, 4.69) is 10.5 Å². The minimum Gasteiger partial charge on any atom is -0.360 e. The number of hydrogen-bond donors (Lipinski definition) is 1. The molecule has 0 saturated carbocycles. The summed E-state index contributed by atoms with van der Waals surface area (Å²) in [5.74, 6) is 0.992. The lowest BCUT2D eigenvalue weighted by atomic mass is 10.1. The van der Waals surface area contributed by atoms with Crippen molar-refractivity contribution in [3.63, 3.8) is 0 Å². The Hall–Kier alpha value is -3.15. The number of carbonyl (C=O) groups excluding carboxylic acids is 1. The SMILES string of the molecule is Cc1cc(-n2c(C)cc(/C=C/C(=O)NCCc3ccccc3F)c2C)no1. The second-order valence-corrected chi connectivity index (χ2v) is 6.42. The molecule has 0 unspecified atom stereocenters. The summed E-state index contributed by atoms with van der Waals surface area (Å²) in [6, 6.07) is 10.4. The van der Waals surface area contributed by atoms with Crippen molar-refractivity contribution < 1.29 is 13.7 Å². The first kappa shape index (κ1) is 18.6. The van der Waals surface area contributed by atoms with Crippen molar-refractivity contribution in [2.24, 2.45) is 0 Å². The molecule has 5 nitrogen and oxygen atoms in total. The molecule has 1 aromatic carbocycles. The first-order valence-corrected chi connectivity index (χ1v) is 8.77. The maximum Gasteiger partial charge on any atom is 0.244 e. The number of hydrogen-bond acceptors (Lipinski definition) is 3. The predicted molar refractivity (Wildman–Crippen MR) is 102 cm³/mol. The molecule has 1 N–H and O–H groups in total. The van der Waals surface area contributed by atoms with E-state index in [-0.39, 0.29) is 11.7 Å². The molecule has 0 radical (unpaired) electrons. The van der Waals surface area contributed by atoms with Crippen molar-refractivity contribution in [2.75, 3.05) is 6.54 Å². The Labute approximate surface area is 157 Å². The highest BCUT2D eigenvalue weighted by Gasteiger charge is 2.12. The molecule has 6 heteroatoms. The molecule has 1 amide bonds. The first-order valence-electron chi connectivity index (χ1n) is 8.77. The minimum absolute atomic E-state index is 0.214. The molecule has 2 heterocycles. The van der Waals surface area contributed by atoms with E-state index in [1.165, 1.54) is 12.1 Å². The van der Waals surface area contributed by atoms with Crippen LogP contribution in [0.5, 0.6) is 0 Å². The van der Waals surface area contributed by atoms with Gasteiger partial charge in [-0.25, -0.2) is 4.39 Å². The van der Waals surface area contributed by atoms with Crippen LogP contribution in [0.15, 0.2) is 47.0 Å². The zero-order valence-corrected chi connectivity index (χ0v) is 15.6. The average molecular weight is 367 g/mol. The van der Waals surface area contributed by atoms with Gasteiger partial charge in [0.15, 0.2) is 5.82 Å². The summed E-state index contributed by atoms with van der Waals surface area (Å²) in [4.78, 5) is 12.0. The molecule has 140 valence electrons. The van der Waals surface area contributed by atoms with Crippen LogP contribution in [0.3, 0.4) is 0 Å².